The third kappa shape index (κ3) is 4.68. The lowest BCUT2D eigenvalue weighted by Crippen LogP contribution is -2.32. The number of carboxylic acid groups (broad SMARTS) is 1. The fraction of sp³-hybridized carbons (Fsp3) is 0.346. The van der Waals surface area contributed by atoms with Crippen molar-refractivity contribution in [1.29, 1.82) is 0 Å². The van der Waals surface area contributed by atoms with Gasteiger partial charge < -0.3 is 10.0 Å². The molecular weight excluding hydrogens is 358 g/mol. The Bertz CT molecular complexity index is 880. The Morgan fingerprint density at radius 2 is 1.41 bits per heavy atom. The smallest absolute Gasteiger partial charge is 0.303 e. The second kappa shape index (κ2) is 9.23. The largest absolute Gasteiger partial charge is 0.481 e. The average molecular weight is 388 g/mol. The number of benzene rings is 2. The first-order valence-corrected chi connectivity index (χ1v) is 10.8. The van der Waals surface area contributed by atoms with Gasteiger partial charge >= 0.3 is 5.97 Å². The summed E-state index contributed by atoms with van der Waals surface area (Å²) in [7, 11) is 0. The number of rotatable bonds is 6. The van der Waals surface area contributed by atoms with Crippen LogP contribution in [0.4, 0.5) is 0 Å². The summed E-state index contributed by atoms with van der Waals surface area (Å²) in [5, 5.41) is 8.75. The molecule has 0 atom stereocenters. The summed E-state index contributed by atoms with van der Waals surface area (Å²) in [4.78, 5) is 13.2. The van der Waals surface area contributed by atoms with Crippen LogP contribution in [0.1, 0.15) is 60.8 Å². The molecule has 29 heavy (non-hydrogen) atoms. The van der Waals surface area contributed by atoms with Gasteiger partial charge in [-0.05, 0) is 60.1 Å². The first-order valence-electron chi connectivity index (χ1n) is 10.8. The number of unbranched alkanes of at least 4 members (excludes halogenated alkanes) is 2. The predicted octanol–water partition coefficient (Wildman–Crippen LogP) is 5.71. The second-order valence-corrected chi connectivity index (χ2v) is 8.03. The molecule has 0 radical (unpaired) electrons. The number of fused-ring (bicyclic) bond motifs is 2. The Labute approximate surface area is 173 Å². The van der Waals surface area contributed by atoms with Crippen LogP contribution in [0.3, 0.4) is 0 Å². The van der Waals surface area contributed by atoms with Gasteiger partial charge in [0.2, 0.25) is 0 Å². The summed E-state index contributed by atoms with van der Waals surface area (Å²) in [5.74, 6) is -0.683. The SMILES string of the molecule is O=C(O)CCCCCN1CCC(=C2c3ccccc3C=Cc3ccccc32)CC1. The van der Waals surface area contributed by atoms with Crippen molar-refractivity contribution in [1.82, 2.24) is 4.90 Å². The van der Waals surface area contributed by atoms with Crippen LogP contribution < -0.4 is 0 Å². The van der Waals surface area contributed by atoms with E-state index in [0.717, 1.165) is 51.7 Å². The van der Waals surface area contributed by atoms with E-state index in [-0.39, 0.29) is 0 Å². The topological polar surface area (TPSA) is 40.5 Å². The van der Waals surface area contributed by atoms with Gasteiger partial charge in [-0.2, -0.15) is 0 Å². The van der Waals surface area contributed by atoms with Crippen LogP contribution in [0.5, 0.6) is 0 Å². The number of carbonyl (C=O) groups is 1. The summed E-state index contributed by atoms with van der Waals surface area (Å²) in [5.41, 5.74) is 8.30. The number of piperidine rings is 1. The third-order valence-corrected chi connectivity index (χ3v) is 6.08. The maximum Gasteiger partial charge on any atom is 0.303 e. The zero-order valence-electron chi connectivity index (χ0n) is 16.9. The number of hydrogen-bond donors (Lipinski definition) is 1. The summed E-state index contributed by atoms with van der Waals surface area (Å²) < 4.78 is 0. The van der Waals surface area contributed by atoms with Crippen molar-refractivity contribution in [2.24, 2.45) is 0 Å². The van der Waals surface area contributed by atoms with E-state index in [2.05, 4.69) is 65.6 Å². The molecule has 0 aromatic heterocycles. The van der Waals surface area contributed by atoms with Crippen LogP contribution in [0.25, 0.3) is 17.7 Å². The molecule has 2 aliphatic rings. The van der Waals surface area contributed by atoms with E-state index in [4.69, 9.17) is 5.11 Å². The molecule has 1 heterocycles. The molecule has 3 nitrogen and oxygen atoms in total. The molecule has 1 N–H and O–H groups in total. The van der Waals surface area contributed by atoms with Crippen LogP contribution >= 0.6 is 0 Å². The molecule has 0 amide bonds. The lowest BCUT2D eigenvalue weighted by atomic mass is 9.86. The Balaban J connectivity index is 1.50. The van der Waals surface area contributed by atoms with Crippen molar-refractivity contribution in [2.45, 2.75) is 38.5 Å². The van der Waals surface area contributed by atoms with Crippen molar-refractivity contribution < 1.29 is 9.90 Å². The highest BCUT2D eigenvalue weighted by Gasteiger charge is 2.22. The van der Waals surface area contributed by atoms with E-state index in [0.29, 0.717) is 6.42 Å². The third-order valence-electron chi connectivity index (χ3n) is 6.08. The van der Waals surface area contributed by atoms with Crippen molar-refractivity contribution in [3.05, 3.63) is 76.4 Å². The molecule has 1 aliphatic carbocycles. The number of hydrogen-bond acceptors (Lipinski definition) is 2. The molecule has 1 saturated heterocycles. The summed E-state index contributed by atoms with van der Waals surface area (Å²) in [6.45, 7) is 3.27. The Morgan fingerprint density at radius 1 is 0.828 bits per heavy atom. The Kier molecular flexibility index (Phi) is 6.26. The van der Waals surface area contributed by atoms with E-state index in [1.54, 1.807) is 5.57 Å². The Morgan fingerprint density at radius 3 is 2.00 bits per heavy atom. The lowest BCUT2D eigenvalue weighted by Gasteiger charge is -2.30. The van der Waals surface area contributed by atoms with E-state index in [1.165, 1.54) is 27.8 Å². The molecule has 1 fully saturated rings. The quantitative estimate of drug-likeness (QED) is 0.551. The van der Waals surface area contributed by atoms with Gasteiger partial charge in [-0.3, -0.25) is 4.79 Å². The molecule has 2 aromatic rings. The molecule has 2 aromatic carbocycles. The number of aliphatic carboxylic acids is 1. The normalized spacial score (nSPS) is 16.3. The van der Waals surface area contributed by atoms with Crippen LogP contribution in [0.15, 0.2) is 54.1 Å². The summed E-state index contributed by atoms with van der Waals surface area (Å²) in [6, 6.07) is 17.5. The predicted molar refractivity (Wildman–Crippen MR) is 120 cm³/mol. The standard InChI is InChI=1S/C26H29NO2/c28-25(29)12-2-1-7-17-27-18-15-22(16-19-27)26-23-10-5-3-8-20(23)13-14-21-9-4-6-11-24(21)26/h3-6,8-11,13-14H,1-2,7,12,15-19H2,(H,28,29). The molecule has 150 valence electrons. The monoisotopic (exact) mass is 387 g/mol. The Hall–Kier alpha value is -2.65. The van der Waals surface area contributed by atoms with E-state index in [9.17, 15) is 4.79 Å². The molecule has 1 aliphatic heterocycles. The maximum atomic E-state index is 10.6. The minimum absolute atomic E-state index is 0.295. The van der Waals surface area contributed by atoms with Gasteiger partial charge in [-0.15, -0.1) is 0 Å². The van der Waals surface area contributed by atoms with Crippen molar-refractivity contribution >= 4 is 23.7 Å². The summed E-state index contributed by atoms with van der Waals surface area (Å²) >= 11 is 0. The first-order chi connectivity index (χ1) is 14.2. The highest BCUT2D eigenvalue weighted by molar-refractivity contribution is 5.94. The fourth-order valence-electron chi connectivity index (χ4n) is 4.53. The van der Waals surface area contributed by atoms with Crippen molar-refractivity contribution in [3.63, 3.8) is 0 Å². The molecule has 0 saturated carbocycles. The summed E-state index contributed by atoms with van der Waals surface area (Å²) in [6.07, 6.45) is 9.88. The number of nitrogens with zero attached hydrogens (tertiary/aromatic N) is 1. The van der Waals surface area contributed by atoms with E-state index >= 15 is 0 Å². The molecule has 3 heteroatoms. The van der Waals surface area contributed by atoms with Gasteiger partial charge in [0.1, 0.15) is 0 Å². The van der Waals surface area contributed by atoms with Gasteiger partial charge in [-0.25, -0.2) is 0 Å². The van der Waals surface area contributed by atoms with Crippen LogP contribution in [-0.4, -0.2) is 35.6 Å². The highest BCUT2D eigenvalue weighted by Crippen LogP contribution is 2.38. The second-order valence-electron chi connectivity index (χ2n) is 8.03. The molecule has 0 unspecified atom stereocenters. The fourth-order valence-corrected chi connectivity index (χ4v) is 4.53. The zero-order chi connectivity index (χ0) is 20.1. The molecule has 0 spiro atoms. The zero-order valence-corrected chi connectivity index (χ0v) is 16.9. The van der Waals surface area contributed by atoms with Crippen LogP contribution in [0.2, 0.25) is 0 Å². The van der Waals surface area contributed by atoms with Crippen molar-refractivity contribution in [2.75, 3.05) is 19.6 Å². The highest BCUT2D eigenvalue weighted by atomic mass is 16.4. The van der Waals surface area contributed by atoms with Crippen molar-refractivity contribution in [3.8, 4) is 0 Å². The average Bonchev–Trinajstić information content (AvgIpc) is 2.91. The minimum Gasteiger partial charge on any atom is -0.481 e. The lowest BCUT2D eigenvalue weighted by molar-refractivity contribution is -0.137. The maximum absolute atomic E-state index is 10.6. The molecule has 0 bridgehead atoms. The van der Waals surface area contributed by atoms with Gasteiger partial charge in [0.25, 0.3) is 0 Å². The van der Waals surface area contributed by atoms with E-state index < -0.39 is 5.97 Å². The van der Waals surface area contributed by atoms with Crippen LogP contribution in [-0.2, 0) is 4.79 Å². The van der Waals surface area contributed by atoms with Crippen LogP contribution in [0, 0.1) is 0 Å². The minimum atomic E-state index is -0.683. The first kappa shape index (κ1) is 19.7. The molecular formula is C26H29NO2. The van der Waals surface area contributed by atoms with Gasteiger partial charge in [0.15, 0.2) is 0 Å². The van der Waals surface area contributed by atoms with Gasteiger partial charge in [0, 0.05) is 19.5 Å². The number of carboxylic acids is 1. The van der Waals surface area contributed by atoms with Gasteiger partial charge in [-0.1, -0.05) is 72.7 Å². The van der Waals surface area contributed by atoms with E-state index in [1.807, 2.05) is 0 Å². The van der Waals surface area contributed by atoms with Gasteiger partial charge in [0.05, 0.1) is 0 Å². The molecule has 4 rings (SSSR count). The number of likely N-dealkylation sites (tertiary alicyclic amines) is 1.